The van der Waals surface area contributed by atoms with Crippen molar-refractivity contribution < 1.29 is 4.74 Å². The van der Waals surface area contributed by atoms with Gasteiger partial charge in [0, 0.05) is 11.5 Å². The van der Waals surface area contributed by atoms with Gasteiger partial charge in [-0.3, -0.25) is 0 Å². The van der Waals surface area contributed by atoms with Gasteiger partial charge < -0.3 is 4.74 Å². The maximum Gasteiger partial charge on any atom is 0.0921 e. The fourth-order valence-corrected chi connectivity index (χ4v) is 0.330. The molecule has 0 unspecified atom stereocenters. The summed E-state index contributed by atoms with van der Waals surface area (Å²) in [6.07, 6.45) is 2.08. The standard InChI is InChI=1S/C6H9ClO/c1-3-8-5-4-6(2)7/h3H,1-2,4-5H2. The third-order valence-corrected chi connectivity index (χ3v) is 0.798. The topological polar surface area (TPSA) is 9.23 Å². The Morgan fingerprint density at radius 2 is 2.38 bits per heavy atom. The normalized spacial score (nSPS) is 8.12. The molecule has 0 saturated heterocycles. The van der Waals surface area contributed by atoms with Crippen LogP contribution in [0.4, 0.5) is 0 Å². The summed E-state index contributed by atoms with van der Waals surface area (Å²) in [5, 5.41) is 0.617. The van der Waals surface area contributed by atoms with Gasteiger partial charge >= 0.3 is 0 Å². The number of hydrogen-bond donors (Lipinski definition) is 0. The van der Waals surface area contributed by atoms with Crippen molar-refractivity contribution in [3.63, 3.8) is 0 Å². The van der Waals surface area contributed by atoms with Crippen LogP contribution in [0.5, 0.6) is 0 Å². The Morgan fingerprint density at radius 3 is 2.75 bits per heavy atom. The van der Waals surface area contributed by atoms with Crippen molar-refractivity contribution in [1.29, 1.82) is 0 Å². The first-order chi connectivity index (χ1) is 3.77. The molecule has 0 saturated carbocycles. The van der Waals surface area contributed by atoms with Crippen LogP contribution in [0, 0.1) is 0 Å². The minimum atomic E-state index is 0.575. The zero-order valence-electron chi connectivity index (χ0n) is 4.69. The lowest BCUT2D eigenvalue weighted by Crippen LogP contribution is -1.84. The smallest absolute Gasteiger partial charge is 0.0921 e. The van der Waals surface area contributed by atoms with Gasteiger partial charge in [-0.2, -0.15) is 0 Å². The zero-order valence-corrected chi connectivity index (χ0v) is 5.45. The Labute approximate surface area is 54.6 Å². The van der Waals surface area contributed by atoms with Crippen LogP contribution >= 0.6 is 11.6 Å². The SMILES string of the molecule is C=COCCC(=C)Cl. The fraction of sp³-hybridized carbons (Fsp3) is 0.333. The van der Waals surface area contributed by atoms with Crippen LogP contribution in [0.2, 0.25) is 0 Å². The first kappa shape index (κ1) is 7.57. The molecule has 0 heterocycles. The number of ether oxygens (including phenoxy) is 1. The predicted molar refractivity (Wildman–Crippen MR) is 35.8 cm³/mol. The lowest BCUT2D eigenvalue weighted by molar-refractivity contribution is 0.256. The molecule has 8 heavy (non-hydrogen) atoms. The van der Waals surface area contributed by atoms with Crippen molar-refractivity contribution in [3.8, 4) is 0 Å². The highest BCUT2D eigenvalue weighted by atomic mass is 35.5. The summed E-state index contributed by atoms with van der Waals surface area (Å²) in [7, 11) is 0. The Bertz CT molecular complexity index is 88.5. The van der Waals surface area contributed by atoms with E-state index in [1.54, 1.807) is 0 Å². The fourth-order valence-electron chi connectivity index (χ4n) is 0.253. The number of rotatable bonds is 4. The minimum absolute atomic E-state index is 0.575. The first-order valence-electron chi connectivity index (χ1n) is 2.33. The van der Waals surface area contributed by atoms with E-state index in [0.717, 1.165) is 0 Å². The third kappa shape index (κ3) is 5.57. The van der Waals surface area contributed by atoms with E-state index in [0.29, 0.717) is 18.1 Å². The van der Waals surface area contributed by atoms with Crippen molar-refractivity contribution in [3.05, 3.63) is 24.5 Å². The van der Waals surface area contributed by atoms with Gasteiger partial charge in [-0.1, -0.05) is 24.8 Å². The molecule has 0 aromatic heterocycles. The van der Waals surface area contributed by atoms with Gasteiger partial charge in [0.25, 0.3) is 0 Å². The molecule has 0 aliphatic heterocycles. The maximum absolute atomic E-state index is 5.40. The monoisotopic (exact) mass is 132 g/mol. The quantitative estimate of drug-likeness (QED) is 0.421. The van der Waals surface area contributed by atoms with Crippen LogP contribution in [0.3, 0.4) is 0 Å². The molecule has 0 radical (unpaired) electrons. The summed E-state index contributed by atoms with van der Waals surface area (Å²) in [4.78, 5) is 0. The molecule has 0 aromatic carbocycles. The molecule has 0 spiro atoms. The van der Waals surface area contributed by atoms with Crippen molar-refractivity contribution >= 4 is 11.6 Å². The van der Waals surface area contributed by atoms with Gasteiger partial charge in [0.2, 0.25) is 0 Å². The summed E-state index contributed by atoms with van der Waals surface area (Å²) in [6.45, 7) is 7.42. The molecule has 1 nitrogen and oxygen atoms in total. The second-order valence-electron chi connectivity index (χ2n) is 1.30. The minimum Gasteiger partial charge on any atom is -0.501 e. The Morgan fingerprint density at radius 1 is 1.75 bits per heavy atom. The Hall–Kier alpha value is -0.430. The average Bonchev–Trinajstić information content (AvgIpc) is 1.66. The highest BCUT2D eigenvalue weighted by Gasteiger charge is 1.84. The highest BCUT2D eigenvalue weighted by molar-refractivity contribution is 6.29. The van der Waals surface area contributed by atoms with Gasteiger partial charge in [0.05, 0.1) is 12.9 Å². The molecule has 0 fully saturated rings. The maximum atomic E-state index is 5.40. The first-order valence-corrected chi connectivity index (χ1v) is 2.71. The van der Waals surface area contributed by atoms with E-state index in [4.69, 9.17) is 16.3 Å². The number of hydrogen-bond acceptors (Lipinski definition) is 1. The van der Waals surface area contributed by atoms with Crippen molar-refractivity contribution in [2.24, 2.45) is 0 Å². The molecule has 0 N–H and O–H groups in total. The van der Waals surface area contributed by atoms with Crippen LogP contribution in [-0.4, -0.2) is 6.61 Å². The van der Waals surface area contributed by atoms with Gasteiger partial charge in [0.1, 0.15) is 0 Å². The molecule has 0 rings (SSSR count). The van der Waals surface area contributed by atoms with E-state index in [9.17, 15) is 0 Å². The van der Waals surface area contributed by atoms with E-state index in [1.165, 1.54) is 6.26 Å². The third-order valence-electron chi connectivity index (χ3n) is 0.609. The van der Waals surface area contributed by atoms with Crippen molar-refractivity contribution in [2.45, 2.75) is 6.42 Å². The highest BCUT2D eigenvalue weighted by Crippen LogP contribution is 2.01. The van der Waals surface area contributed by atoms with E-state index < -0.39 is 0 Å². The van der Waals surface area contributed by atoms with Crippen LogP contribution in [-0.2, 0) is 4.74 Å². The van der Waals surface area contributed by atoms with Crippen LogP contribution in [0.1, 0.15) is 6.42 Å². The molecule has 2 heteroatoms. The lowest BCUT2D eigenvalue weighted by atomic mass is 10.4. The van der Waals surface area contributed by atoms with Crippen LogP contribution < -0.4 is 0 Å². The summed E-state index contributed by atoms with van der Waals surface area (Å²) in [5.74, 6) is 0. The van der Waals surface area contributed by atoms with Gasteiger partial charge in [0.15, 0.2) is 0 Å². The van der Waals surface area contributed by atoms with Crippen LogP contribution in [0.25, 0.3) is 0 Å². The van der Waals surface area contributed by atoms with E-state index in [-0.39, 0.29) is 0 Å². The molecule has 0 aromatic rings. The average molecular weight is 133 g/mol. The lowest BCUT2D eigenvalue weighted by Gasteiger charge is -1.95. The number of halogens is 1. The summed E-state index contributed by atoms with van der Waals surface area (Å²) < 4.78 is 4.76. The molecule has 0 bridgehead atoms. The molecule has 0 aliphatic rings. The van der Waals surface area contributed by atoms with Crippen molar-refractivity contribution in [2.75, 3.05) is 6.61 Å². The largest absolute Gasteiger partial charge is 0.501 e. The van der Waals surface area contributed by atoms with Crippen molar-refractivity contribution in [1.82, 2.24) is 0 Å². The molecule has 0 atom stereocenters. The van der Waals surface area contributed by atoms with Gasteiger partial charge in [-0.15, -0.1) is 0 Å². The predicted octanol–water partition coefficient (Wildman–Crippen LogP) is 2.29. The molecule has 0 amide bonds. The Kier molecular flexibility index (Phi) is 4.47. The molecule has 46 valence electrons. The van der Waals surface area contributed by atoms with E-state index >= 15 is 0 Å². The summed E-state index contributed by atoms with van der Waals surface area (Å²) in [6, 6.07) is 0. The van der Waals surface area contributed by atoms with Crippen LogP contribution in [0.15, 0.2) is 24.5 Å². The summed E-state index contributed by atoms with van der Waals surface area (Å²) >= 11 is 5.40. The molecular weight excluding hydrogens is 124 g/mol. The molecule has 0 aliphatic carbocycles. The zero-order chi connectivity index (χ0) is 6.41. The van der Waals surface area contributed by atoms with Gasteiger partial charge in [-0.05, 0) is 0 Å². The second-order valence-corrected chi connectivity index (χ2v) is 1.84. The van der Waals surface area contributed by atoms with E-state index in [1.807, 2.05) is 0 Å². The summed E-state index contributed by atoms with van der Waals surface area (Å²) in [5.41, 5.74) is 0. The Balaban J connectivity index is 2.93. The van der Waals surface area contributed by atoms with Gasteiger partial charge in [-0.25, -0.2) is 0 Å². The van der Waals surface area contributed by atoms with E-state index in [2.05, 4.69) is 13.2 Å². The molecular formula is C6H9ClO. The second kappa shape index (κ2) is 4.72.